The van der Waals surface area contributed by atoms with E-state index in [2.05, 4.69) is 22.1 Å². The molecule has 0 spiro atoms. The van der Waals surface area contributed by atoms with E-state index >= 15 is 0 Å². The van der Waals surface area contributed by atoms with E-state index < -0.39 is 0 Å². The van der Waals surface area contributed by atoms with Gasteiger partial charge in [0.2, 0.25) is 0 Å². The number of benzene rings is 2. The second-order valence-electron chi connectivity index (χ2n) is 7.51. The molecule has 1 N–H and O–H groups in total. The lowest BCUT2D eigenvalue weighted by Gasteiger charge is -2.03. The molecule has 0 saturated carbocycles. The Kier molecular flexibility index (Phi) is 6.30. The monoisotopic (exact) mass is 430 g/mol. The summed E-state index contributed by atoms with van der Waals surface area (Å²) in [5.74, 6) is 0.743. The molecule has 0 aliphatic rings. The van der Waals surface area contributed by atoms with E-state index in [1.54, 1.807) is 22.8 Å². The highest BCUT2D eigenvalue weighted by Gasteiger charge is 2.17. The van der Waals surface area contributed by atoms with Crippen molar-refractivity contribution in [3.05, 3.63) is 88.4 Å². The van der Waals surface area contributed by atoms with Crippen LogP contribution in [0.4, 0.5) is 5.69 Å². The first kappa shape index (κ1) is 21.3. The maximum atomic E-state index is 13.3. The summed E-state index contributed by atoms with van der Waals surface area (Å²) in [6.07, 6.45) is 4.88. The third-order valence-electron chi connectivity index (χ3n) is 5.20. The Bertz CT molecular complexity index is 1250. The summed E-state index contributed by atoms with van der Waals surface area (Å²) in [4.78, 5) is 22.0. The Hall–Kier alpha value is -3.94. The topological polar surface area (TPSA) is 90.1 Å². The maximum Gasteiger partial charge on any atom is 0.280 e. The Morgan fingerprint density at radius 2 is 1.88 bits per heavy atom. The molecule has 2 heterocycles. The molecule has 4 rings (SSSR count). The van der Waals surface area contributed by atoms with E-state index in [4.69, 9.17) is 9.73 Å². The van der Waals surface area contributed by atoms with Crippen LogP contribution in [0.15, 0.2) is 71.0 Å². The van der Waals surface area contributed by atoms with E-state index in [9.17, 15) is 4.79 Å². The molecule has 8 heteroatoms. The van der Waals surface area contributed by atoms with E-state index in [1.165, 1.54) is 6.33 Å². The second-order valence-corrected chi connectivity index (χ2v) is 7.51. The van der Waals surface area contributed by atoms with Gasteiger partial charge >= 0.3 is 0 Å². The van der Waals surface area contributed by atoms with Crippen molar-refractivity contribution in [2.75, 3.05) is 7.11 Å². The molecule has 164 valence electrons. The van der Waals surface area contributed by atoms with Crippen molar-refractivity contribution in [3.8, 4) is 11.4 Å². The van der Waals surface area contributed by atoms with Crippen LogP contribution in [0.3, 0.4) is 0 Å². The molecule has 0 bridgehead atoms. The molecular formula is C24H26N6O2. The van der Waals surface area contributed by atoms with Crippen molar-refractivity contribution in [1.82, 2.24) is 24.5 Å². The zero-order valence-electron chi connectivity index (χ0n) is 18.4. The number of aryl methyl sites for hydroxylation is 1. The van der Waals surface area contributed by atoms with Gasteiger partial charge in [0, 0.05) is 5.69 Å². The Labute approximate surface area is 186 Å². The number of hydrogen-bond donors (Lipinski definition) is 1. The lowest BCUT2D eigenvalue weighted by molar-refractivity contribution is 0.414. The molecule has 0 aliphatic carbocycles. The molecule has 0 amide bonds. The van der Waals surface area contributed by atoms with Gasteiger partial charge in [0.25, 0.3) is 5.56 Å². The van der Waals surface area contributed by atoms with Gasteiger partial charge in [-0.05, 0) is 55.3 Å². The van der Waals surface area contributed by atoms with Gasteiger partial charge in [0.15, 0.2) is 0 Å². The predicted molar refractivity (Wildman–Crippen MR) is 124 cm³/mol. The van der Waals surface area contributed by atoms with Crippen LogP contribution < -0.4 is 10.3 Å². The van der Waals surface area contributed by atoms with Gasteiger partial charge in [-0.15, -0.1) is 0 Å². The summed E-state index contributed by atoms with van der Waals surface area (Å²) >= 11 is 0. The lowest BCUT2D eigenvalue weighted by Crippen LogP contribution is -2.19. The summed E-state index contributed by atoms with van der Waals surface area (Å²) in [6.45, 7) is 4.62. The van der Waals surface area contributed by atoms with E-state index in [0.717, 1.165) is 41.2 Å². The minimum Gasteiger partial charge on any atom is -0.497 e. The zero-order chi connectivity index (χ0) is 22.5. The fraction of sp³-hybridized carbons (Fsp3) is 0.250. The van der Waals surface area contributed by atoms with Crippen molar-refractivity contribution < 1.29 is 4.74 Å². The number of hydrogen-bond acceptors (Lipinski definition) is 5. The summed E-state index contributed by atoms with van der Waals surface area (Å²) in [5, 5.41) is 7.40. The van der Waals surface area contributed by atoms with Gasteiger partial charge < -0.3 is 4.74 Å². The minimum atomic E-state index is -0.109. The molecular weight excluding hydrogens is 404 g/mol. The van der Waals surface area contributed by atoms with Crippen LogP contribution in [0.25, 0.3) is 5.69 Å². The number of ether oxygens (including phenoxy) is 1. The van der Waals surface area contributed by atoms with Crippen LogP contribution in [-0.4, -0.2) is 37.4 Å². The molecule has 32 heavy (non-hydrogen) atoms. The summed E-state index contributed by atoms with van der Waals surface area (Å²) in [7, 11) is 1.62. The molecule has 8 nitrogen and oxygen atoms in total. The second kappa shape index (κ2) is 9.47. The predicted octanol–water partition coefficient (Wildman–Crippen LogP) is 3.91. The first-order valence-corrected chi connectivity index (χ1v) is 10.5. The summed E-state index contributed by atoms with van der Waals surface area (Å²) < 4.78 is 8.56. The van der Waals surface area contributed by atoms with Crippen molar-refractivity contribution in [1.29, 1.82) is 0 Å². The first-order chi connectivity index (χ1) is 15.6. The molecule has 0 unspecified atom stereocenters. The van der Waals surface area contributed by atoms with E-state index in [1.807, 2.05) is 55.5 Å². The lowest BCUT2D eigenvalue weighted by atomic mass is 10.1. The molecule has 0 fully saturated rings. The summed E-state index contributed by atoms with van der Waals surface area (Å²) in [6, 6.07) is 15.3. The molecule has 0 atom stereocenters. The van der Waals surface area contributed by atoms with Gasteiger partial charge in [-0.1, -0.05) is 25.5 Å². The third kappa shape index (κ3) is 4.54. The number of aliphatic imine (C=N–C) groups is 1. The van der Waals surface area contributed by atoms with Crippen LogP contribution in [0, 0.1) is 0 Å². The average Bonchev–Trinajstić information content (AvgIpc) is 3.43. The van der Waals surface area contributed by atoms with Crippen molar-refractivity contribution in [2.24, 2.45) is 4.99 Å². The van der Waals surface area contributed by atoms with Gasteiger partial charge in [0.05, 0.1) is 36.3 Å². The third-order valence-corrected chi connectivity index (χ3v) is 5.20. The smallest absolute Gasteiger partial charge is 0.280 e. The molecule has 0 aliphatic heterocycles. The normalized spacial score (nSPS) is 11.7. The summed E-state index contributed by atoms with van der Waals surface area (Å²) in [5.41, 5.74) is 4.73. The molecule has 4 aromatic rings. The van der Waals surface area contributed by atoms with Gasteiger partial charge in [-0.25, -0.2) is 14.3 Å². The maximum absolute atomic E-state index is 13.3. The zero-order valence-corrected chi connectivity index (χ0v) is 18.4. The number of H-pyrrole nitrogens is 1. The highest BCUT2D eigenvalue weighted by molar-refractivity contribution is 6.01. The molecule has 2 aromatic carbocycles. The highest BCUT2D eigenvalue weighted by atomic mass is 16.5. The molecule has 0 saturated heterocycles. The quantitative estimate of drug-likeness (QED) is 0.429. The number of nitrogens with one attached hydrogen (secondary N) is 1. The fourth-order valence-corrected chi connectivity index (χ4v) is 3.63. The van der Waals surface area contributed by atoms with Crippen molar-refractivity contribution in [2.45, 2.75) is 33.2 Å². The standard InChI is InChI=1S/C24H26N6O2/c1-4-5-22-23(24(31)30(28-22)20-10-12-21(32-3)13-11-20)17(2)27-19-8-6-18(7-9-19)14-29-16-25-15-26-29/h6-13,15-16,28H,4-5,14H2,1-3H3. The minimum absolute atomic E-state index is 0.109. The SMILES string of the molecule is CCCc1[nH]n(-c2ccc(OC)cc2)c(=O)c1C(C)=Nc1ccc(Cn2cncn2)cc1. The van der Waals surface area contributed by atoms with Gasteiger partial charge in [-0.2, -0.15) is 5.10 Å². The average molecular weight is 431 g/mol. The Morgan fingerprint density at radius 3 is 2.50 bits per heavy atom. The first-order valence-electron chi connectivity index (χ1n) is 10.5. The van der Waals surface area contributed by atoms with E-state index in [-0.39, 0.29) is 5.56 Å². The van der Waals surface area contributed by atoms with Crippen LogP contribution >= 0.6 is 0 Å². The Balaban J connectivity index is 1.64. The number of nitrogens with zero attached hydrogens (tertiary/aromatic N) is 5. The van der Waals surface area contributed by atoms with Crippen molar-refractivity contribution in [3.63, 3.8) is 0 Å². The van der Waals surface area contributed by atoms with Crippen LogP contribution in [0.5, 0.6) is 5.75 Å². The molecule has 2 aromatic heterocycles. The fourth-order valence-electron chi connectivity index (χ4n) is 3.63. The molecule has 0 radical (unpaired) electrons. The number of rotatable bonds is 8. The van der Waals surface area contributed by atoms with E-state index in [0.29, 0.717) is 17.8 Å². The largest absolute Gasteiger partial charge is 0.497 e. The van der Waals surface area contributed by atoms with Crippen molar-refractivity contribution >= 4 is 11.4 Å². The van der Waals surface area contributed by atoms with Gasteiger partial charge in [0.1, 0.15) is 18.4 Å². The van der Waals surface area contributed by atoms with Gasteiger partial charge in [-0.3, -0.25) is 14.9 Å². The van der Waals surface area contributed by atoms with Crippen LogP contribution in [-0.2, 0) is 13.0 Å². The van der Waals surface area contributed by atoms with Crippen LogP contribution in [0.1, 0.15) is 37.1 Å². The number of aromatic amines is 1. The van der Waals surface area contributed by atoms with Crippen LogP contribution in [0.2, 0.25) is 0 Å². The highest BCUT2D eigenvalue weighted by Crippen LogP contribution is 2.18. The number of aromatic nitrogens is 5. The number of methoxy groups -OCH3 is 1. The Morgan fingerprint density at radius 1 is 1.12 bits per heavy atom.